The summed E-state index contributed by atoms with van der Waals surface area (Å²) in [6, 6.07) is 15.5. The predicted octanol–water partition coefficient (Wildman–Crippen LogP) is 7.08. The van der Waals surface area contributed by atoms with Crippen molar-refractivity contribution >= 4 is 67.1 Å². The number of methoxy groups -OCH3 is 1. The van der Waals surface area contributed by atoms with Gasteiger partial charge in [-0.15, -0.1) is 10.2 Å². The fourth-order valence-corrected chi connectivity index (χ4v) is 4.68. The number of phenolic OH excluding ortho intramolecular Hbond substituents is 1. The second-order valence-electron chi connectivity index (χ2n) is 7.86. The van der Waals surface area contributed by atoms with Gasteiger partial charge in [0.2, 0.25) is 0 Å². The minimum absolute atomic E-state index is 0.0942. The van der Waals surface area contributed by atoms with Crippen molar-refractivity contribution in [2.24, 2.45) is 10.2 Å². The molecule has 0 aliphatic heterocycles. The highest BCUT2D eigenvalue weighted by molar-refractivity contribution is 7.86. The van der Waals surface area contributed by atoms with Crippen molar-refractivity contribution in [2.45, 2.75) is 11.8 Å². The number of carbonyl (C=O) groups excluding carboxylic acids is 1. The van der Waals surface area contributed by atoms with E-state index in [1.807, 2.05) is 0 Å². The van der Waals surface area contributed by atoms with E-state index >= 15 is 0 Å². The number of rotatable bonds is 6. The Labute approximate surface area is 222 Å². The molecule has 0 aliphatic carbocycles. The topological polar surface area (TPSA) is 138 Å². The first-order valence-electron chi connectivity index (χ1n) is 10.6. The number of nitrogens with zero attached hydrogens (tertiary/aromatic N) is 2. The summed E-state index contributed by atoms with van der Waals surface area (Å²) in [6.07, 6.45) is 0. The SMILES string of the molecule is COc1cccc(Cl)c1NC(=O)c1cc2ccccc2c(N=Nc2cc(C)c(Cl)cc2S(=O)(=O)O)c1O. The molecule has 0 saturated heterocycles. The zero-order chi connectivity index (χ0) is 26.9. The number of amides is 1. The lowest BCUT2D eigenvalue weighted by Gasteiger charge is -2.14. The lowest BCUT2D eigenvalue weighted by molar-refractivity contribution is 0.102. The summed E-state index contributed by atoms with van der Waals surface area (Å²) in [4.78, 5) is 12.6. The second kappa shape index (κ2) is 10.3. The number of para-hydroxylation sites is 1. The zero-order valence-electron chi connectivity index (χ0n) is 19.4. The molecular weight excluding hydrogens is 541 g/mol. The number of fused-ring (bicyclic) bond motifs is 1. The Kier molecular flexibility index (Phi) is 7.37. The van der Waals surface area contributed by atoms with Crippen LogP contribution in [0.15, 0.2) is 75.8 Å². The van der Waals surface area contributed by atoms with Crippen LogP contribution in [0.25, 0.3) is 10.8 Å². The van der Waals surface area contributed by atoms with Crippen LogP contribution in [0.1, 0.15) is 15.9 Å². The van der Waals surface area contributed by atoms with Crippen molar-refractivity contribution in [3.63, 3.8) is 0 Å². The van der Waals surface area contributed by atoms with Gasteiger partial charge >= 0.3 is 0 Å². The Morgan fingerprint density at radius 3 is 2.43 bits per heavy atom. The first-order valence-corrected chi connectivity index (χ1v) is 12.8. The molecule has 0 unspecified atom stereocenters. The van der Waals surface area contributed by atoms with Gasteiger partial charge in [0.1, 0.15) is 27.7 Å². The van der Waals surface area contributed by atoms with Crippen LogP contribution >= 0.6 is 23.2 Å². The van der Waals surface area contributed by atoms with Gasteiger partial charge in [-0.25, -0.2) is 0 Å². The van der Waals surface area contributed by atoms with E-state index in [1.165, 1.54) is 19.2 Å². The van der Waals surface area contributed by atoms with Gasteiger partial charge in [0.25, 0.3) is 16.0 Å². The van der Waals surface area contributed by atoms with Crippen molar-refractivity contribution in [1.82, 2.24) is 0 Å². The third-order valence-electron chi connectivity index (χ3n) is 5.45. The Hall–Kier alpha value is -3.70. The molecule has 12 heteroatoms. The molecule has 4 aromatic carbocycles. The third-order valence-corrected chi connectivity index (χ3v) is 7.05. The van der Waals surface area contributed by atoms with Gasteiger partial charge in [-0.3, -0.25) is 9.35 Å². The van der Waals surface area contributed by atoms with E-state index in [2.05, 4.69) is 15.5 Å². The molecule has 1 amide bonds. The van der Waals surface area contributed by atoms with Crippen LogP contribution in [0.5, 0.6) is 11.5 Å². The first kappa shape index (κ1) is 26.4. The second-order valence-corrected chi connectivity index (χ2v) is 10.1. The molecule has 4 aromatic rings. The molecule has 9 nitrogen and oxygen atoms in total. The number of phenols is 1. The zero-order valence-corrected chi connectivity index (χ0v) is 21.7. The number of anilines is 1. The minimum atomic E-state index is -4.69. The number of hydrogen-bond donors (Lipinski definition) is 3. The van der Waals surface area contributed by atoms with Crippen LogP contribution in [0, 0.1) is 6.92 Å². The predicted molar refractivity (Wildman–Crippen MR) is 142 cm³/mol. The number of aryl methyl sites for hydroxylation is 1. The minimum Gasteiger partial charge on any atom is -0.505 e. The molecule has 0 fully saturated rings. The van der Waals surface area contributed by atoms with Gasteiger partial charge in [0, 0.05) is 10.4 Å². The van der Waals surface area contributed by atoms with Crippen LogP contribution in [0.2, 0.25) is 10.0 Å². The van der Waals surface area contributed by atoms with Gasteiger partial charge in [0.05, 0.1) is 17.7 Å². The highest BCUT2D eigenvalue weighted by Crippen LogP contribution is 2.41. The molecule has 3 N–H and O–H groups in total. The molecule has 190 valence electrons. The number of ether oxygens (including phenoxy) is 1. The van der Waals surface area contributed by atoms with E-state index < -0.39 is 26.7 Å². The fraction of sp³-hybridized carbons (Fsp3) is 0.0800. The lowest BCUT2D eigenvalue weighted by Crippen LogP contribution is -2.13. The Morgan fingerprint density at radius 2 is 1.73 bits per heavy atom. The molecule has 0 bridgehead atoms. The summed E-state index contributed by atoms with van der Waals surface area (Å²) in [5.74, 6) is -0.894. The van der Waals surface area contributed by atoms with Crippen LogP contribution < -0.4 is 10.1 Å². The molecule has 0 heterocycles. The number of nitrogens with one attached hydrogen (secondary N) is 1. The van der Waals surface area contributed by atoms with E-state index in [1.54, 1.807) is 49.4 Å². The van der Waals surface area contributed by atoms with E-state index in [9.17, 15) is 22.9 Å². The number of hydrogen-bond acceptors (Lipinski definition) is 7. The van der Waals surface area contributed by atoms with Crippen molar-refractivity contribution in [3.8, 4) is 11.5 Å². The first-order chi connectivity index (χ1) is 17.5. The smallest absolute Gasteiger partial charge is 0.296 e. The number of carbonyl (C=O) groups is 1. The average Bonchev–Trinajstić information content (AvgIpc) is 2.85. The summed E-state index contributed by atoms with van der Waals surface area (Å²) >= 11 is 12.2. The highest BCUT2D eigenvalue weighted by atomic mass is 35.5. The molecule has 0 saturated carbocycles. The van der Waals surface area contributed by atoms with Gasteiger partial charge in [-0.1, -0.05) is 53.5 Å². The van der Waals surface area contributed by atoms with E-state index in [0.717, 1.165) is 6.07 Å². The quantitative estimate of drug-likeness (QED) is 0.170. The normalized spacial score (nSPS) is 11.7. The van der Waals surface area contributed by atoms with Gasteiger partial charge in [0.15, 0.2) is 5.75 Å². The van der Waals surface area contributed by atoms with Crippen LogP contribution in [-0.2, 0) is 10.1 Å². The number of halogens is 2. The van der Waals surface area contributed by atoms with Crippen molar-refractivity contribution < 1.29 is 27.6 Å². The van der Waals surface area contributed by atoms with E-state index in [4.69, 9.17) is 27.9 Å². The van der Waals surface area contributed by atoms with Crippen molar-refractivity contribution in [1.29, 1.82) is 0 Å². The van der Waals surface area contributed by atoms with Crippen LogP contribution in [-0.4, -0.2) is 31.1 Å². The number of aromatic hydroxyl groups is 1. The summed E-state index contributed by atoms with van der Waals surface area (Å²) < 4.78 is 38.6. The maximum atomic E-state index is 13.2. The average molecular weight is 560 g/mol. The summed E-state index contributed by atoms with van der Waals surface area (Å²) in [5.41, 5.74) is 0.254. The maximum Gasteiger partial charge on any atom is 0.296 e. The van der Waals surface area contributed by atoms with Gasteiger partial charge < -0.3 is 15.2 Å². The molecular formula is C25H19Cl2N3O6S. The number of benzene rings is 4. The molecule has 4 rings (SSSR count). The Bertz CT molecular complexity index is 1690. The highest BCUT2D eigenvalue weighted by Gasteiger charge is 2.22. The van der Waals surface area contributed by atoms with Crippen LogP contribution in [0.4, 0.5) is 17.1 Å². The summed E-state index contributed by atoms with van der Waals surface area (Å²) in [5, 5.41) is 23.1. The van der Waals surface area contributed by atoms with Gasteiger partial charge in [-0.05, 0) is 48.2 Å². The summed E-state index contributed by atoms with van der Waals surface area (Å²) in [7, 11) is -3.26. The van der Waals surface area contributed by atoms with Gasteiger partial charge in [-0.2, -0.15) is 8.42 Å². The third kappa shape index (κ3) is 5.37. The molecule has 37 heavy (non-hydrogen) atoms. The van der Waals surface area contributed by atoms with Crippen molar-refractivity contribution in [2.75, 3.05) is 12.4 Å². The standard InChI is InChI=1S/C25H19Cl2N3O6S/c1-13-10-19(21(12-18(13)27)37(33,34)35)29-30-22-15-7-4-3-6-14(15)11-16(24(22)31)25(32)28-23-17(26)8-5-9-20(23)36-2/h3-12,31H,1-2H3,(H,28,32)(H,33,34,35). The largest absolute Gasteiger partial charge is 0.505 e. The maximum absolute atomic E-state index is 13.2. The Morgan fingerprint density at radius 1 is 1.00 bits per heavy atom. The molecule has 0 radical (unpaired) electrons. The molecule has 0 aromatic heterocycles. The molecule has 0 aliphatic rings. The molecule has 0 spiro atoms. The van der Waals surface area contributed by atoms with Crippen LogP contribution in [0.3, 0.4) is 0 Å². The van der Waals surface area contributed by atoms with Crippen molar-refractivity contribution in [3.05, 3.63) is 81.8 Å². The fourth-order valence-electron chi connectivity index (χ4n) is 3.61. The van der Waals surface area contributed by atoms with E-state index in [-0.39, 0.29) is 32.7 Å². The van der Waals surface area contributed by atoms with E-state index in [0.29, 0.717) is 22.1 Å². The Balaban J connectivity index is 1.86. The summed E-state index contributed by atoms with van der Waals surface area (Å²) in [6.45, 7) is 1.62. The lowest BCUT2D eigenvalue weighted by atomic mass is 10.0. The molecule has 0 atom stereocenters. The monoisotopic (exact) mass is 559 g/mol. The number of azo groups is 1.